The zero-order chi connectivity index (χ0) is 20.8. The molecule has 2 aromatic carbocycles. The molecule has 0 radical (unpaired) electrons. The van der Waals surface area contributed by atoms with Gasteiger partial charge in [-0.15, -0.1) is 0 Å². The highest BCUT2D eigenvalue weighted by molar-refractivity contribution is 6.43. The third-order valence-electron chi connectivity index (χ3n) is 4.18. The fourth-order valence-corrected chi connectivity index (χ4v) is 2.79. The normalized spacial score (nSPS) is 13.9. The molecule has 0 fully saturated rings. The van der Waals surface area contributed by atoms with Gasteiger partial charge in [-0.25, -0.2) is 5.01 Å². The number of anilines is 1. The van der Waals surface area contributed by atoms with Crippen molar-refractivity contribution in [2.24, 2.45) is 5.10 Å². The molecule has 2 aromatic rings. The van der Waals surface area contributed by atoms with Crippen LogP contribution in [0.1, 0.15) is 18.4 Å². The van der Waals surface area contributed by atoms with Crippen LogP contribution in [-0.4, -0.2) is 36.3 Å². The van der Waals surface area contributed by atoms with Gasteiger partial charge in [0.05, 0.1) is 13.7 Å². The van der Waals surface area contributed by atoms with Crippen molar-refractivity contribution >= 4 is 23.2 Å². The summed E-state index contributed by atoms with van der Waals surface area (Å²) in [5.41, 5.74) is 1.29. The Morgan fingerprint density at radius 2 is 1.93 bits per heavy atom. The summed E-state index contributed by atoms with van der Waals surface area (Å²) in [7, 11) is 1.32. The number of halogens is 2. The minimum absolute atomic E-state index is 0.109. The first-order valence-electron chi connectivity index (χ1n) is 8.82. The molecule has 29 heavy (non-hydrogen) atoms. The van der Waals surface area contributed by atoms with Gasteiger partial charge in [0.15, 0.2) is 11.5 Å². The molecular weight excluding hydrogens is 384 g/mol. The van der Waals surface area contributed by atoms with E-state index in [9.17, 15) is 18.4 Å². The van der Waals surface area contributed by atoms with Crippen molar-refractivity contribution in [3.63, 3.8) is 0 Å². The molecule has 3 rings (SSSR count). The Kier molecular flexibility index (Phi) is 6.38. The van der Waals surface area contributed by atoms with Gasteiger partial charge in [-0.05, 0) is 17.7 Å². The molecule has 0 saturated heterocycles. The predicted molar refractivity (Wildman–Crippen MR) is 102 cm³/mol. The number of carbonyl (C=O) groups excluding carboxylic acids is 2. The molecule has 0 unspecified atom stereocenters. The lowest BCUT2D eigenvalue weighted by Crippen LogP contribution is -2.36. The first-order chi connectivity index (χ1) is 14.0. The van der Waals surface area contributed by atoms with Crippen LogP contribution in [0.2, 0.25) is 0 Å². The Bertz CT molecular complexity index is 919. The summed E-state index contributed by atoms with van der Waals surface area (Å²) in [5.74, 6) is -0.795. The minimum atomic E-state index is -3.03. The predicted octanol–water partition coefficient (Wildman–Crippen LogP) is 3.41. The van der Waals surface area contributed by atoms with Gasteiger partial charge in [-0.3, -0.25) is 9.59 Å². The SMILES string of the molecule is COc1ccc(NC(=O)C2=NN(Cc3ccccc3)C(=O)CC2)cc1OC(F)F. The maximum absolute atomic E-state index is 12.6. The Balaban J connectivity index is 1.74. The van der Waals surface area contributed by atoms with Crippen molar-refractivity contribution in [3.8, 4) is 11.5 Å². The molecule has 1 N–H and O–H groups in total. The average molecular weight is 403 g/mol. The maximum Gasteiger partial charge on any atom is 0.387 e. The average Bonchev–Trinajstić information content (AvgIpc) is 2.70. The van der Waals surface area contributed by atoms with Gasteiger partial charge in [0, 0.05) is 24.6 Å². The molecule has 152 valence electrons. The van der Waals surface area contributed by atoms with Crippen molar-refractivity contribution in [2.75, 3.05) is 12.4 Å². The number of rotatable bonds is 7. The second-order valence-corrected chi connectivity index (χ2v) is 6.18. The third-order valence-corrected chi connectivity index (χ3v) is 4.18. The van der Waals surface area contributed by atoms with Crippen LogP contribution in [0.3, 0.4) is 0 Å². The quantitative estimate of drug-likeness (QED) is 0.768. The van der Waals surface area contributed by atoms with E-state index in [1.54, 1.807) is 0 Å². The first kappa shape index (κ1) is 20.2. The van der Waals surface area contributed by atoms with Gasteiger partial charge in [-0.1, -0.05) is 30.3 Å². The number of benzene rings is 2. The van der Waals surface area contributed by atoms with E-state index in [2.05, 4.69) is 15.2 Å². The van der Waals surface area contributed by atoms with Gasteiger partial charge in [0.2, 0.25) is 5.91 Å². The number of alkyl halides is 2. The lowest BCUT2D eigenvalue weighted by Gasteiger charge is -2.23. The van der Waals surface area contributed by atoms with Crippen molar-refractivity contribution in [1.29, 1.82) is 0 Å². The van der Waals surface area contributed by atoms with E-state index in [-0.39, 0.29) is 48.2 Å². The number of hydrogen-bond acceptors (Lipinski definition) is 5. The van der Waals surface area contributed by atoms with E-state index in [4.69, 9.17) is 4.74 Å². The largest absolute Gasteiger partial charge is 0.493 e. The summed E-state index contributed by atoms with van der Waals surface area (Å²) in [6.07, 6.45) is 0.341. The first-order valence-corrected chi connectivity index (χ1v) is 8.82. The van der Waals surface area contributed by atoms with Gasteiger partial charge in [0.1, 0.15) is 5.71 Å². The molecule has 7 nitrogen and oxygen atoms in total. The van der Waals surface area contributed by atoms with Crippen molar-refractivity contribution in [2.45, 2.75) is 26.0 Å². The fraction of sp³-hybridized carbons (Fsp3) is 0.250. The van der Waals surface area contributed by atoms with Crippen LogP contribution in [0.5, 0.6) is 11.5 Å². The number of ether oxygens (including phenoxy) is 2. The van der Waals surface area contributed by atoms with E-state index >= 15 is 0 Å². The third kappa shape index (κ3) is 5.28. The fourth-order valence-electron chi connectivity index (χ4n) is 2.79. The number of hydrazone groups is 1. The van der Waals surface area contributed by atoms with E-state index in [1.165, 1.54) is 30.3 Å². The Labute approximate surface area is 165 Å². The van der Waals surface area contributed by atoms with Gasteiger partial charge < -0.3 is 14.8 Å². The molecule has 0 saturated carbocycles. The lowest BCUT2D eigenvalue weighted by atomic mass is 10.1. The van der Waals surface area contributed by atoms with Gasteiger partial charge >= 0.3 is 6.61 Å². The molecule has 0 bridgehead atoms. The molecule has 1 aliphatic rings. The summed E-state index contributed by atoms with van der Waals surface area (Å²) in [6, 6.07) is 13.4. The van der Waals surface area contributed by atoms with E-state index < -0.39 is 12.5 Å². The van der Waals surface area contributed by atoms with Crippen LogP contribution in [-0.2, 0) is 16.1 Å². The van der Waals surface area contributed by atoms with Crippen LogP contribution in [0.4, 0.5) is 14.5 Å². The summed E-state index contributed by atoms with van der Waals surface area (Å²) in [5, 5.41) is 8.02. The molecule has 9 heteroatoms. The Morgan fingerprint density at radius 3 is 2.62 bits per heavy atom. The van der Waals surface area contributed by atoms with Gasteiger partial charge in [0.25, 0.3) is 5.91 Å². The maximum atomic E-state index is 12.6. The number of nitrogens with zero attached hydrogens (tertiary/aromatic N) is 2. The van der Waals surface area contributed by atoms with Crippen molar-refractivity contribution < 1.29 is 27.8 Å². The topological polar surface area (TPSA) is 80.2 Å². The highest BCUT2D eigenvalue weighted by Crippen LogP contribution is 2.31. The van der Waals surface area contributed by atoms with Gasteiger partial charge in [-0.2, -0.15) is 13.9 Å². The number of amides is 2. The molecule has 0 atom stereocenters. The summed E-state index contributed by atoms with van der Waals surface area (Å²) in [6.45, 7) is -2.78. The molecule has 1 aliphatic heterocycles. The monoisotopic (exact) mass is 403 g/mol. The molecule has 1 heterocycles. The van der Waals surface area contributed by atoms with Crippen LogP contribution in [0, 0.1) is 0 Å². The summed E-state index contributed by atoms with van der Waals surface area (Å²) >= 11 is 0. The Morgan fingerprint density at radius 1 is 1.17 bits per heavy atom. The van der Waals surface area contributed by atoms with Crippen LogP contribution in [0.15, 0.2) is 53.6 Å². The zero-order valence-corrected chi connectivity index (χ0v) is 15.6. The number of nitrogens with one attached hydrogen (secondary N) is 1. The van der Waals surface area contributed by atoms with E-state index in [0.29, 0.717) is 0 Å². The highest BCUT2D eigenvalue weighted by atomic mass is 19.3. The number of methoxy groups -OCH3 is 1. The second kappa shape index (κ2) is 9.13. The lowest BCUT2D eigenvalue weighted by molar-refractivity contribution is -0.132. The standard InChI is InChI=1S/C20H19F2N3O4/c1-28-16-9-7-14(11-17(16)29-20(21)22)23-19(27)15-8-10-18(26)25(24-15)12-13-5-3-2-4-6-13/h2-7,9,11,20H,8,10,12H2,1H3,(H,23,27). The molecule has 0 aromatic heterocycles. The Hall–Kier alpha value is -3.49. The molecular formula is C20H19F2N3O4. The van der Waals surface area contributed by atoms with Crippen LogP contribution >= 0.6 is 0 Å². The summed E-state index contributed by atoms with van der Waals surface area (Å²) < 4.78 is 34.5. The van der Waals surface area contributed by atoms with E-state index in [0.717, 1.165) is 5.56 Å². The number of hydrogen-bond donors (Lipinski definition) is 1. The smallest absolute Gasteiger partial charge is 0.387 e. The van der Waals surface area contributed by atoms with Crippen molar-refractivity contribution in [1.82, 2.24) is 5.01 Å². The number of carbonyl (C=O) groups is 2. The summed E-state index contributed by atoms with van der Waals surface area (Å²) in [4.78, 5) is 24.7. The van der Waals surface area contributed by atoms with E-state index in [1.807, 2.05) is 30.3 Å². The van der Waals surface area contributed by atoms with Crippen LogP contribution < -0.4 is 14.8 Å². The van der Waals surface area contributed by atoms with Crippen LogP contribution in [0.25, 0.3) is 0 Å². The molecule has 0 aliphatic carbocycles. The zero-order valence-electron chi connectivity index (χ0n) is 15.6. The molecule has 2 amide bonds. The minimum Gasteiger partial charge on any atom is -0.493 e. The second-order valence-electron chi connectivity index (χ2n) is 6.18. The van der Waals surface area contributed by atoms with Crippen molar-refractivity contribution in [3.05, 3.63) is 54.1 Å². The molecule has 0 spiro atoms. The highest BCUT2D eigenvalue weighted by Gasteiger charge is 2.25.